The minimum absolute atomic E-state index is 0.176. The van der Waals surface area contributed by atoms with Crippen LogP contribution in [0.25, 0.3) is 0 Å². The third-order valence-electron chi connectivity index (χ3n) is 2.69. The molecule has 2 aromatic rings. The zero-order chi connectivity index (χ0) is 15.9. The highest BCUT2D eigenvalue weighted by molar-refractivity contribution is 5.94. The average Bonchev–Trinajstić information content (AvgIpc) is 2.55. The molecule has 2 rings (SSSR count). The van der Waals surface area contributed by atoms with E-state index >= 15 is 0 Å². The Hall–Kier alpha value is -2.96. The van der Waals surface area contributed by atoms with Crippen molar-refractivity contribution in [3.05, 3.63) is 60.2 Å². The van der Waals surface area contributed by atoms with Crippen molar-refractivity contribution in [2.75, 3.05) is 0 Å². The fraction of sp³-hybridized carbons (Fsp3) is 0.133. The number of rotatable bonds is 4. The van der Waals surface area contributed by atoms with Gasteiger partial charge in [-0.1, -0.05) is 6.07 Å². The average molecular weight is 303 g/mol. The summed E-state index contributed by atoms with van der Waals surface area (Å²) in [6.07, 6.45) is 0.603. The molecule has 2 N–H and O–H groups in total. The quantitative estimate of drug-likeness (QED) is 0.838. The molecule has 1 aromatic heterocycles. The molecule has 1 atom stereocenters. The highest BCUT2D eigenvalue weighted by atomic mass is 19.1. The standard InChI is InChI=1S/C15H14FN3O3/c1-10(22-12-7-5-11(16)6-8-12)14(20)18-19-15(21)13-4-2-3-9-17-13/h2-10H,1H3,(H,18,20)(H,19,21). The van der Waals surface area contributed by atoms with Crippen LogP contribution in [0.5, 0.6) is 5.75 Å². The number of amides is 2. The van der Waals surface area contributed by atoms with E-state index in [1.54, 1.807) is 12.1 Å². The van der Waals surface area contributed by atoms with Crippen molar-refractivity contribution in [2.45, 2.75) is 13.0 Å². The Kier molecular flexibility index (Phi) is 5.02. The number of hydrogen-bond acceptors (Lipinski definition) is 4. The first-order chi connectivity index (χ1) is 10.6. The van der Waals surface area contributed by atoms with E-state index in [1.807, 2.05) is 0 Å². The topological polar surface area (TPSA) is 80.3 Å². The van der Waals surface area contributed by atoms with Gasteiger partial charge in [-0.3, -0.25) is 25.4 Å². The number of nitrogens with one attached hydrogen (secondary N) is 2. The van der Waals surface area contributed by atoms with Gasteiger partial charge in [0.1, 0.15) is 17.3 Å². The molecule has 0 saturated heterocycles. The van der Waals surface area contributed by atoms with Crippen molar-refractivity contribution >= 4 is 11.8 Å². The highest BCUT2D eigenvalue weighted by Crippen LogP contribution is 2.12. The number of halogens is 1. The lowest BCUT2D eigenvalue weighted by molar-refractivity contribution is -0.128. The second kappa shape index (κ2) is 7.16. The monoisotopic (exact) mass is 303 g/mol. The molecule has 0 aliphatic rings. The number of hydrazine groups is 1. The number of hydrogen-bond donors (Lipinski definition) is 2. The zero-order valence-electron chi connectivity index (χ0n) is 11.7. The molecule has 0 bridgehead atoms. The Balaban J connectivity index is 1.84. The van der Waals surface area contributed by atoms with Crippen LogP contribution in [0.4, 0.5) is 4.39 Å². The van der Waals surface area contributed by atoms with Gasteiger partial charge in [0.2, 0.25) is 0 Å². The number of ether oxygens (including phenoxy) is 1. The van der Waals surface area contributed by atoms with Crippen molar-refractivity contribution < 1.29 is 18.7 Å². The first-order valence-corrected chi connectivity index (χ1v) is 6.49. The van der Waals surface area contributed by atoms with Crippen LogP contribution in [0.15, 0.2) is 48.7 Å². The van der Waals surface area contributed by atoms with Crippen molar-refractivity contribution in [3.63, 3.8) is 0 Å². The van der Waals surface area contributed by atoms with Crippen LogP contribution >= 0.6 is 0 Å². The molecule has 0 aliphatic heterocycles. The number of nitrogens with zero attached hydrogens (tertiary/aromatic N) is 1. The van der Waals surface area contributed by atoms with E-state index in [4.69, 9.17) is 4.74 Å². The van der Waals surface area contributed by atoms with Gasteiger partial charge in [-0.05, 0) is 43.3 Å². The molecule has 0 fully saturated rings. The summed E-state index contributed by atoms with van der Waals surface area (Å²) < 4.78 is 18.1. The lowest BCUT2D eigenvalue weighted by Crippen LogP contribution is -2.47. The van der Waals surface area contributed by atoms with Crippen LogP contribution < -0.4 is 15.6 Å². The number of benzene rings is 1. The van der Waals surface area contributed by atoms with Crippen LogP contribution in [0.2, 0.25) is 0 Å². The van der Waals surface area contributed by atoms with Crippen molar-refractivity contribution in [3.8, 4) is 5.75 Å². The number of carbonyl (C=O) groups is 2. The molecule has 0 radical (unpaired) electrons. The SMILES string of the molecule is CC(Oc1ccc(F)cc1)C(=O)NNC(=O)c1ccccn1. The number of carbonyl (C=O) groups excluding carboxylic acids is 2. The van der Waals surface area contributed by atoms with Gasteiger partial charge < -0.3 is 4.74 Å². The first-order valence-electron chi connectivity index (χ1n) is 6.49. The molecular weight excluding hydrogens is 289 g/mol. The predicted octanol–water partition coefficient (Wildman–Crippen LogP) is 1.45. The molecule has 0 saturated carbocycles. The smallest absolute Gasteiger partial charge is 0.288 e. The highest BCUT2D eigenvalue weighted by Gasteiger charge is 2.16. The van der Waals surface area contributed by atoms with Crippen molar-refractivity contribution in [2.24, 2.45) is 0 Å². The van der Waals surface area contributed by atoms with Crippen LogP contribution in [-0.2, 0) is 4.79 Å². The Morgan fingerprint density at radius 2 is 1.86 bits per heavy atom. The maximum Gasteiger partial charge on any atom is 0.288 e. The van der Waals surface area contributed by atoms with E-state index in [0.717, 1.165) is 0 Å². The predicted molar refractivity (Wildman–Crippen MR) is 76.3 cm³/mol. The summed E-state index contributed by atoms with van der Waals surface area (Å²) in [6.45, 7) is 1.51. The second-order valence-corrected chi connectivity index (χ2v) is 4.37. The molecule has 114 valence electrons. The minimum atomic E-state index is -0.866. The van der Waals surface area contributed by atoms with Crippen molar-refractivity contribution in [1.29, 1.82) is 0 Å². The number of aromatic nitrogens is 1. The second-order valence-electron chi connectivity index (χ2n) is 4.37. The fourth-order valence-electron chi connectivity index (χ4n) is 1.55. The van der Waals surface area contributed by atoms with Crippen LogP contribution in [0.1, 0.15) is 17.4 Å². The molecule has 22 heavy (non-hydrogen) atoms. The van der Waals surface area contributed by atoms with E-state index in [2.05, 4.69) is 15.8 Å². The molecule has 1 heterocycles. The molecule has 1 unspecified atom stereocenters. The first kappa shape index (κ1) is 15.4. The molecule has 7 heteroatoms. The number of pyridine rings is 1. The largest absolute Gasteiger partial charge is 0.481 e. The van der Waals surface area contributed by atoms with E-state index in [0.29, 0.717) is 5.75 Å². The fourth-order valence-corrected chi connectivity index (χ4v) is 1.55. The minimum Gasteiger partial charge on any atom is -0.481 e. The summed E-state index contributed by atoms with van der Waals surface area (Å²) in [7, 11) is 0. The van der Waals surface area contributed by atoms with E-state index in [-0.39, 0.29) is 5.69 Å². The summed E-state index contributed by atoms with van der Waals surface area (Å²) in [6, 6.07) is 10.1. The maximum absolute atomic E-state index is 12.8. The van der Waals surface area contributed by atoms with Gasteiger partial charge in [-0.15, -0.1) is 0 Å². The van der Waals surface area contributed by atoms with Gasteiger partial charge in [0, 0.05) is 6.20 Å². The summed E-state index contributed by atoms with van der Waals surface area (Å²) in [5, 5.41) is 0. The van der Waals surface area contributed by atoms with Gasteiger partial charge in [-0.25, -0.2) is 4.39 Å². The maximum atomic E-state index is 12.8. The van der Waals surface area contributed by atoms with E-state index < -0.39 is 23.7 Å². The summed E-state index contributed by atoms with van der Waals surface area (Å²) in [4.78, 5) is 27.3. The summed E-state index contributed by atoms with van der Waals surface area (Å²) >= 11 is 0. The van der Waals surface area contributed by atoms with E-state index in [1.165, 1.54) is 43.5 Å². The van der Waals surface area contributed by atoms with Gasteiger partial charge in [-0.2, -0.15) is 0 Å². The third kappa shape index (κ3) is 4.27. The van der Waals surface area contributed by atoms with Crippen LogP contribution in [0.3, 0.4) is 0 Å². The van der Waals surface area contributed by atoms with Crippen LogP contribution in [0, 0.1) is 5.82 Å². The van der Waals surface area contributed by atoms with Gasteiger partial charge >= 0.3 is 0 Å². The lowest BCUT2D eigenvalue weighted by Gasteiger charge is -2.15. The Morgan fingerprint density at radius 3 is 2.50 bits per heavy atom. The lowest BCUT2D eigenvalue weighted by atomic mass is 10.3. The molecule has 0 aliphatic carbocycles. The van der Waals surface area contributed by atoms with Crippen molar-refractivity contribution in [1.82, 2.24) is 15.8 Å². The molecule has 2 amide bonds. The zero-order valence-corrected chi connectivity index (χ0v) is 11.7. The Labute approximate surface area is 126 Å². The Bertz CT molecular complexity index is 647. The molecule has 1 aromatic carbocycles. The normalized spacial score (nSPS) is 11.4. The van der Waals surface area contributed by atoms with E-state index in [9.17, 15) is 14.0 Å². The van der Waals surface area contributed by atoms with Gasteiger partial charge in [0.15, 0.2) is 6.10 Å². The third-order valence-corrected chi connectivity index (χ3v) is 2.69. The van der Waals surface area contributed by atoms with Crippen LogP contribution in [-0.4, -0.2) is 22.9 Å². The van der Waals surface area contributed by atoms with Gasteiger partial charge in [0.05, 0.1) is 0 Å². The summed E-state index contributed by atoms with van der Waals surface area (Å²) in [5.41, 5.74) is 4.64. The Morgan fingerprint density at radius 1 is 1.14 bits per heavy atom. The molecular formula is C15H14FN3O3. The van der Waals surface area contributed by atoms with Gasteiger partial charge in [0.25, 0.3) is 11.8 Å². The molecule has 0 spiro atoms. The summed E-state index contributed by atoms with van der Waals surface area (Å²) in [5.74, 6) is -1.14. The molecule has 6 nitrogen and oxygen atoms in total.